The maximum Gasteiger partial charge on any atom is 0.451 e. The first kappa shape index (κ1) is 5.48. The molecule has 0 saturated carbocycles. The van der Waals surface area contributed by atoms with E-state index in [1.807, 2.05) is 0 Å². The third-order valence-electron chi connectivity index (χ3n) is 0.600. The molecular formula is C2H3N5O2. The molecule has 7 heteroatoms. The molecule has 0 radical (unpaired) electrons. The van der Waals surface area contributed by atoms with Gasteiger partial charge in [-0.15, -0.1) is 5.10 Å². The lowest BCUT2D eigenvalue weighted by Gasteiger charge is -1.81. The van der Waals surface area contributed by atoms with Crippen LogP contribution in [0.25, 0.3) is 0 Å². The van der Waals surface area contributed by atoms with Crippen molar-refractivity contribution in [2.45, 2.75) is 0 Å². The molecule has 0 fully saturated rings. The van der Waals surface area contributed by atoms with Crippen molar-refractivity contribution in [1.82, 2.24) is 20.2 Å². The molecule has 0 amide bonds. The van der Waals surface area contributed by atoms with Crippen LogP contribution in [0.15, 0.2) is 0 Å². The van der Waals surface area contributed by atoms with Crippen molar-refractivity contribution in [3.05, 3.63) is 0 Å². The Balaban J connectivity index is 2.98. The SMILES string of the molecule is Nc1nnn(C(=O)O)n1. The normalized spacial score (nSPS) is 9.33. The number of nitrogens with zero attached hydrogens (tertiary/aromatic N) is 4. The van der Waals surface area contributed by atoms with Crippen LogP contribution in [-0.4, -0.2) is 31.4 Å². The predicted molar refractivity (Wildman–Crippen MR) is 25.7 cm³/mol. The Bertz CT molecular complexity index is 229. The summed E-state index contributed by atoms with van der Waals surface area (Å²) in [5.41, 5.74) is 4.95. The molecule has 48 valence electrons. The molecule has 1 rings (SSSR count). The van der Waals surface area contributed by atoms with Gasteiger partial charge < -0.3 is 10.8 Å². The second-order valence-electron chi connectivity index (χ2n) is 1.22. The second-order valence-corrected chi connectivity index (χ2v) is 1.22. The molecule has 1 heterocycles. The molecule has 1 aromatic rings. The van der Waals surface area contributed by atoms with E-state index in [0.717, 1.165) is 0 Å². The molecule has 0 aliphatic rings. The van der Waals surface area contributed by atoms with Crippen LogP contribution in [0.5, 0.6) is 0 Å². The first-order valence-electron chi connectivity index (χ1n) is 1.99. The Morgan fingerprint density at radius 2 is 2.44 bits per heavy atom. The lowest BCUT2D eigenvalue weighted by atomic mass is 11.1. The fourth-order valence-corrected chi connectivity index (χ4v) is 0.306. The summed E-state index contributed by atoms with van der Waals surface area (Å²) < 4.78 is 0. The summed E-state index contributed by atoms with van der Waals surface area (Å²) in [6.45, 7) is 0. The van der Waals surface area contributed by atoms with Gasteiger partial charge in [-0.2, -0.15) is 0 Å². The molecule has 9 heavy (non-hydrogen) atoms. The molecule has 0 aliphatic heterocycles. The molecule has 0 atom stereocenters. The Kier molecular flexibility index (Phi) is 1.03. The van der Waals surface area contributed by atoms with Crippen molar-refractivity contribution in [3.63, 3.8) is 0 Å². The Morgan fingerprint density at radius 1 is 1.78 bits per heavy atom. The van der Waals surface area contributed by atoms with Crippen LogP contribution < -0.4 is 5.73 Å². The molecule has 0 spiro atoms. The zero-order chi connectivity index (χ0) is 6.85. The van der Waals surface area contributed by atoms with E-state index in [-0.39, 0.29) is 5.95 Å². The van der Waals surface area contributed by atoms with Gasteiger partial charge in [0, 0.05) is 0 Å². The van der Waals surface area contributed by atoms with Gasteiger partial charge >= 0.3 is 6.09 Å². The minimum Gasteiger partial charge on any atom is -0.462 e. The summed E-state index contributed by atoms with van der Waals surface area (Å²) in [6, 6.07) is 0. The molecular weight excluding hydrogens is 126 g/mol. The van der Waals surface area contributed by atoms with E-state index in [9.17, 15) is 4.79 Å². The molecule has 0 bridgehead atoms. The number of anilines is 1. The second kappa shape index (κ2) is 1.69. The summed E-state index contributed by atoms with van der Waals surface area (Å²) in [5.74, 6) is -0.155. The lowest BCUT2D eigenvalue weighted by molar-refractivity contribution is 0.187. The van der Waals surface area contributed by atoms with E-state index in [2.05, 4.69) is 15.4 Å². The number of aromatic nitrogens is 4. The van der Waals surface area contributed by atoms with Gasteiger partial charge in [0.15, 0.2) is 0 Å². The predicted octanol–water partition coefficient (Wildman–Crippen LogP) is -1.22. The van der Waals surface area contributed by atoms with Gasteiger partial charge in [0.2, 0.25) is 0 Å². The highest BCUT2D eigenvalue weighted by atomic mass is 16.4. The third kappa shape index (κ3) is 0.929. The van der Waals surface area contributed by atoms with Crippen molar-refractivity contribution >= 4 is 12.0 Å². The number of nitrogen functional groups attached to an aromatic ring is 1. The van der Waals surface area contributed by atoms with Crippen LogP contribution in [0.1, 0.15) is 0 Å². The monoisotopic (exact) mass is 129 g/mol. The van der Waals surface area contributed by atoms with Crippen LogP contribution in [0, 0.1) is 0 Å². The smallest absolute Gasteiger partial charge is 0.451 e. The van der Waals surface area contributed by atoms with Gasteiger partial charge in [-0.05, 0) is 5.21 Å². The third-order valence-corrected chi connectivity index (χ3v) is 0.600. The zero-order valence-electron chi connectivity index (χ0n) is 4.22. The number of hydrogen-bond acceptors (Lipinski definition) is 5. The highest BCUT2D eigenvalue weighted by Gasteiger charge is 2.03. The zero-order valence-corrected chi connectivity index (χ0v) is 4.22. The maximum absolute atomic E-state index is 9.96. The van der Waals surface area contributed by atoms with E-state index in [1.54, 1.807) is 0 Å². The lowest BCUT2D eigenvalue weighted by Crippen LogP contribution is -2.11. The van der Waals surface area contributed by atoms with Gasteiger partial charge in [0.1, 0.15) is 0 Å². The summed E-state index contributed by atoms with van der Waals surface area (Å²) in [7, 11) is 0. The maximum atomic E-state index is 9.96. The largest absolute Gasteiger partial charge is 0.462 e. The van der Waals surface area contributed by atoms with Crippen LogP contribution in [0.2, 0.25) is 0 Å². The van der Waals surface area contributed by atoms with E-state index >= 15 is 0 Å². The molecule has 7 nitrogen and oxygen atoms in total. The van der Waals surface area contributed by atoms with E-state index in [4.69, 9.17) is 10.8 Å². The quantitative estimate of drug-likeness (QED) is 0.454. The fraction of sp³-hybridized carbons (Fsp3) is 0. The van der Waals surface area contributed by atoms with Gasteiger partial charge in [-0.3, -0.25) is 0 Å². The summed E-state index contributed by atoms with van der Waals surface area (Å²) in [5, 5.41) is 17.5. The van der Waals surface area contributed by atoms with Crippen molar-refractivity contribution in [2.24, 2.45) is 0 Å². The number of tetrazole rings is 1. The van der Waals surface area contributed by atoms with Crippen LogP contribution in [0.3, 0.4) is 0 Å². The van der Waals surface area contributed by atoms with E-state index in [1.165, 1.54) is 0 Å². The van der Waals surface area contributed by atoms with Crippen LogP contribution in [-0.2, 0) is 0 Å². The molecule has 0 aliphatic carbocycles. The van der Waals surface area contributed by atoms with Crippen LogP contribution in [0.4, 0.5) is 10.7 Å². The number of rotatable bonds is 0. The standard InChI is InChI=1S/C2H3N5O2/c3-1-4-6-7(5-1)2(8)9/h(H2,3,5)(H,8,9). The van der Waals surface area contributed by atoms with Gasteiger partial charge in [-0.25, -0.2) is 4.79 Å². The highest BCUT2D eigenvalue weighted by Crippen LogP contribution is 1.81. The van der Waals surface area contributed by atoms with Crippen molar-refractivity contribution in [3.8, 4) is 0 Å². The minimum atomic E-state index is -1.31. The number of hydrogen-bond donors (Lipinski definition) is 2. The summed E-state index contributed by atoms with van der Waals surface area (Å²) in [4.78, 5) is 10.3. The molecule has 1 aromatic heterocycles. The fourth-order valence-electron chi connectivity index (χ4n) is 0.306. The van der Waals surface area contributed by atoms with Gasteiger partial charge in [-0.1, -0.05) is 9.90 Å². The summed E-state index contributed by atoms with van der Waals surface area (Å²) in [6.07, 6.45) is -1.31. The highest BCUT2D eigenvalue weighted by molar-refractivity contribution is 5.65. The first-order valence-corrected chi connectivity index (χ1v) is 1.99. The first-order chi connectivity index (χ1) is 4.20. The molecule has 0 aromatic carbocycles. The number of nitrogens with two attached hydrogens (primary N) is 1. The number of carbonyl (C=O) groups is 1. The van der Waals surface area contributed by atoms with Gasteiger partial charge in [0.25, 0.3) is 5.95 Å². The topological polar surface area (TPSA) is 107 Å². The van der Waals surface area contributed by atoms with Crippen molar-refractivity contribution < 1.29 is 9.90 Å². The van der Waals surface area contributed by atoms with Crippen molar-refractivity contribution in [1.29, 1.82) is 0 Å². The minimum absolute atomic E-state index is 0.155. The summed E-state index contributed by atoms with van der Waals surface area (Å²) >= 11 is 0. The Morgan fingerprint density at radius 3 is 2.67 bits per heavy atom. The molecule has 0 unspecified atom stereocenters. The number of carboxylic acid groups (broad SMARTS) is 1. The molecule has 0 saturated heterocycles. The van der Waals surface area contributed by atoms with Gasteiger partial charge in [0.05, 0.1) is 0 Å². The van der Waals surface area contributed by atoms with Crippen molar-refractivity contribution in [2.75, 3.05) is 5.73 Å². The molecule has 3 N–H and O–H groups in total. The average molecular weight is 129 g/mol. The van der Waals surface area contributed by atoms with E-state index in [0.29, 0.717) is 4.80 Å². The van der Waals surface area contributed by atoms with Crippen LogP contribution >= 0.6 is 0 Å². The van der Waals surface area contributed by atoms with E-state index < -0.39 is 6.09 Å². The Labute approximate surface area is 49.1 Å². The Hall–Kier alpha value is -1.66. The average Bonchev–Trinajstić information content (AvgIpc) is 2.14.